The van der Waals surface area contributed by atoms with Gasteiger partial charge in [-0.25, -0.2) is 0 Å². The largest absolute Gasteiger partial charge is 0.352 e. The standard InChI is InChI=1S/C16H28N4O/c1-11(14-5-7-17-8-6-14)9-16(21)18-10-15-12(2)19-20(4)13(15)3/h11,14,17H,5-10H2,1-4H3,(H,18,21). The summed E-state index contributed by atoms with van der Waals surface area (Å²) in [4.78, 5) is 12.1. The first-order chi connectivity index (χ1) is 9.99. The third-order valence-corrected chi connectivity index (χ3v) is 4.82. The lowest BCUT2D eigenvalue weighted by molar-refractivity contribution is -0.122. The lowest BCUT2D eigenvalue weighted by Crippen LogP contribution is -2.33. The number of piperidine rings is 1. The van der Waals surface area contributed by atoms with Crippen molar-refractivity contribution in [2.75, 3.05) is 13.1 Å². The molecule has 0 radical (unpaired) electrons. The molecule has 0 saturated carbocycles. The smallest absolute Gasteiger partial charge is 0.220 e. The molecule has 1 fully saturated rings. The van der Waals surface area contributed by atoms with E-state index < -0.39 is 0 Å². The Morgan fingerprint density at radius 1 is 1.43 bits per heavy atom. The van der Waals surface area contributed by atoms with E-state index in [2.05, 4.69) is 22.7 Å². The number of carbonyl (C=O) groups excluding carboxylic acids is 1. The quantitative estimate of drug-likeness (QED) is 0.868. The molecule has 0 bridgehead atoms. The van der Waals surface area contributed by atoms with Gasteiger partial charge in [0, 0.05) is 31.3 Å². The van der Waals surface area contributed by atoms with Crippen LogP contribution in [-0.2, 0) is 18.4 Å². The van der Waals surface area contributed by atoms with Crippen molar-refractivity contribution >= 4 is 5.91 Å². The zero-order chi connectivity index (χ0) is 15.4. The van der Waals surface area contributed by atoms with Gasteiger partial charge in [-0.15, -0.1) is 0 Å². The molecule has 2 heterocycles. The zero-order valence-corrected chi connectivity index (χ0v) is 13.7. The number of aromatic nitrogens is 2. The molecule has 1 aromatic rings. The molecular weight excluding hydrogens is 264 g/mol. The van der Waals surface area contributed by atoms with Gasteiger partial charge in [0.05, 0.1) is 5.69 Å². The van der Waals surface area contributed by atoms with E-state index in [-0.39, 0.29) is 5.91 Å². The maximum absolute atomic E-state index is 12.1. The van der Waals surface area contributed by atoms with Gasteiger partial charge in [-0.2, -0.15) is 5.10 Å². The Labute approximate surface area is 127 Å². The highest BCUT2D eigenvalue weighted by Gasteiger charge is 2.22. The van der Waals surface area contributed by atoms with Gasteiger partial charge < -0.3 is 10.6 Å². The summed E-state index contributed by atoms with van der Waals surface area (Å²) in [6.07, 6.45) is 3.01. The molecule has 1 amide bonds. The predicted molar refractivity (Wildman–Crippen MR) is 83.9 cm³/mol. The second kappa shape index (κ2) is 7.07. The highest BCUT2D eigenvalue weighted by Crippen LogP contribution is 2.24. The van der Waals surface area contributed by atoms with E-state index in [1.807, 2.05) is 25.6 Å². The summed E-state index contributed by atoms with van der Waals surface area (Å²) in [6.45, 7) is 9.00. The number of hydrogen-bond acceptors (Lipinski definition) is 3. The molecule has 5 heteroatoms. The van der Waals surface area contributed by atoms with Crippen molar-refractivity contribution in [2.24, 2.45) is 18.9 Å². The summed E-state index contributed by atoms with van der Waals surface area (Å²) < 4.78 is 1.87. The number of aryl methyl sites for hydroxylation is 2. The van der Waals surface area contributed by atoms with Crippen LogP contribution >= 0.6 is 0 Å². The van der Waals surface area contributed by atoms with Gasteiger partial charge in [0.25, 0.3) is 0 Å². The molecule has 2 rings (SSSR count). The van der Waals surface area contributed by atoms with Crippen LogP contribution in [0.15, 0.2) is 0 Å². The minimum atomic E-state index is 0.156. The van der Waals surface area contributed by atoms with Crippen LogP contribution in [0.1, 0.15) is 43.1 Å². The van der Waals surface area contributed by atoms with Crippen molar-refractivity contribution in [1.29, 1.82) is 0 Å². The Morgan fingerprint density at radius 2 is 2.10 bits per heavy atom. The van der Waals surface area contributed by atoms with E-state index in [4.69, 9.17) is 0 Å². The number of nitrogens with one attached hydrogen (secondary N) is 2. The average Bonchev–Trinajstić information content (AvgIpc) is 2.71. The first-order valence-corrected chi connectivity index (χ1v) is 7.95. The second-order valence-corrected chi connectivity index (χ2v) is 6.32. The Morgan fingerprint density at radius 3 is 2.67 bits per heavy atom. The zero-order valence-electron chi connectivity index (χ0n) is 13.7. The molecule has 1 aliphatic rings. The molecule has 1 aliphatic heterocycles. The fraction of sp³-hybridized carbons (Fsp3) is 0.750. The Bertz CT molecular complexity index is 489. The van der Waals surface area contributed by atoms with E-state index in [0.717, 1.165) is 30.0 Å². The van der Waals surface area contributed by atoms with Crippen LogP contribution in [-0.4, -0.2) is 28.8 Å². The minimum absolute atomic E-state index is 0.156. The van der Waals surface area contributed by atoms with Crippen LogP contribution in [0.5, 0.6) is 0 Å². The van der Waals surface area contributed by atoms with Crippen LogP contribution in [0.3, 0.4) is 0 Å². The van der Waals surface area contributed by atoms with Crippen molar-refractivity contribution < 1.29 is 4.79 Å². The Balaban J connectivity index is 1.81. The topological polar surface area (TPSA) is 59.0 Å². The molecule has 0 aromatic carbocycles. The lowest BCUT2D eigenvalue weighted by atomic mass is 9.84. The Kier molecular flexibility index (Phi) is 5.39. The maximum atomic E-state index is 12.1. The average molecular weight is 292 g/mol. The van der Waals surface area contributed by atoms with E-state index in [0.29, 0.717) is 24.8 Å². The summed E-state index contributed by atoms with van der Waals surface area (Å²) >= 11 is 0. The van der Waals surface area contributed by atoms with Gasteiger partial charge in [0.1, 0.15) is 0 Å². The van der Waals surface area contributed by atoms with Crippen LogP contribution < -0.4 is 10.6 Å². The summed E-state index contributed by atoms with van der Waals surface area (Å²) in [6, 6.07) is 0. The normalized spacial score (nSPS) is 17.7. The summed E-state index contributed by atoms with van der Waals surface area (Å²) in [5.41, 5.74) is 3.27. The molecule has 0 spiro atoms. The minimum Gasteiger partial charge on any atom is -0.352 e. The van der Waals surface area contributed by atoms with E-state index in [1.165, 1.54) is 12.8 Å². The molecule has 5 nitrogen and oxygen atoms in total. The molecule has 1 aromatic heterocycles. The van der Waals surface area contributed by atoms with E-state index >= 15 is 0 Å². The Hall–Kier alpha value is -1.36. The molecule has 1 unspecified atom stereocenters. The van der Waals surface area contributed by atoms with Gasteiger partial charge >= 0.3 is 0 Å². The summed E-state index contributed by atoms with van der Waals surface area (Å²) in [5, 5.41) is 10.8. The third kappa shape index (κ3) is 4.06. The molecule has 0 aliphatic carbocycles. The maximum Gasteiger partial charge on any atom is 0.220 e. The molecule has 118 valence electrons. The lowest BCUT2D eigenvalue weighted by Gasteiger charge is -2.27. The van der Waals surface area contributed by atoms with Crippen LogP contribution in [0.2, 0.25) is 0 Å². The van der Waals surface area contributed by atoms with Crippen LogP contribution in [0, 0.1) is 25.7 Å². The van der Waals surface area contributed by atoms with E-state index in [1.54, 1.807) is 0 Å². The fourth-order valence-corrected chi connectivity index (χ4v) is 3.20. The van der Waals surface area contributed by atoms with Crippen molar-refractivity contribution in [3.8, 4) is 0 Å². The predicted octanol–water partition coefficient (Wildman–Crippen LogP) is 1.68. The SMILES string of the molecule is Cc1nn(C)c(C)c1CNC(=O)CC(C)C1CCNCC1. The molecule has 2 N–H and O–H groups in total. The summed E-state index contributed by atoms with van der Waals surface area (Å²) in [5.74, 6) is 1.30. The molecular formula is C16H28N4O. The van der Waals surface area contributed by atoms with Crippen molar-refractivity contribution in [1.82, 2.24) is 20.4 Å². The third-order valence-electron chi connectivity index (χ3n) is 4.82. The monoisotopic (exact) mass is 292 g/mol. The van der Waals surface area contributed by atoms with Crippen LogP contribution in [0.4, 0.5) is 0 Å². The van der Waals surface area contributed by atoms with Gasteiger partial charge in [-0.05, 0) is 51.6 Å². The number of amides is 1. The first-order valence-electron chi connectivity index (χ1n) is 7.95. The second-order valence-electron chi connectivity index (χ2n) is 6.32. The number of carbonyl (C=O) groups is 1. The number of rotatable bonds is 5. The molecule has 21 heavy (non-hydrogen) atoms. The highest BCUT2D eigenvalue weighted by atomic mass is 16.1. The molecule has 1 atom stereocenters. The highest BCUT2D eigenvalue weighted by molar-refractivity contribution is 5.76. The summed E-state index contributed by atoms with van der Waals surface area (Å²) in [7, 11) is 1.94. The van der Waals surface area contributed by atoms with Crippen LogP contribution in [0.25, 0.3) is 0 Å². The van der Waals surface area contributed by atoms with Crippen molar-refractivity contribution in [2.45, 2.75) is 46.6 Å². The van der Waals surface area contributed by atoms with Gasteiger partial charge in [0.15, 0.2) is 0 Å². The molecule has 1 saturated heterocycles. The fourth-order valence-electron chi connectivity index (χ4n) is 3.20. The van der Waals surface area contributed by atoms with Crippen molar-refractivity contribution in [3.63, 3.8) is 0 Å². The van der Waals surface area contributed by atoms with Gasteiger partial charge in [0.2, 0.25) is 5.91 Å². The van der Waals surface area contributed by atoms with Crippen molar-refractivity contribution in [3.05, 3.63) is 17.0 Å². The number of hydrogen-bond donors (Lipinski definition) is 2. The van der Waals surface area contributed by atoms with E-state index in [9.17, 15) is 4.79 Å². The first kappa shape index (κ1) is 16.0. The van der Waals surface area contributed by atoms with Gasteiger partial charge in [-0.1, -0.05) is 6.92 Å². The number of nitrogens with zero attached hydrogens (tertiary/aromatic N) is 2. The van der Waals surface area contributed by atoms with Gasteiger partial charge in [-0.3, -0.25) is 9.48 Å².